The van der Waals surface area contributed by atoms with Crippen molar-refractivity contribution in [2.75, 3.05) is 6.67 Å². The molecule has 0 radical (unpaired) electrons. The Balaban J connectivity index is 1.47. The first-order valence-electron chi connectivity index (χ1n) is 15.8. The lowest BCUT2D eigenvalue weighted by atomic mass is 9.70. The molecule has 0 spiro atoms. The minimum Gasteiger partial charge on any atom is -0.410 e. The number of amides is 2. The Kier molecular flexibility index (Phi) is 9.19. The van der Waals surface area contributed by atoms with Gasteiger partial charge < -0.3 is 20.1 Å². The van der Waals surface area contributed by atoms with E-state index in [0.29, 0.717) is 11.5 Å². The van der Waals surface area contributed by atoms with Gasteiger partial charge in [-0.2, -0.15) is 0 Å². The van der Waals surface area contributed by atoms with Crippen LogP contribution in [0.3, 0.4) is 0 Å². The molecule has 0 fully saturated rings. The predicted molar refractivity (Wildman–Crippen MR) is 181 cm³/mol. The molecule has 0 saturated heterocycles. The molecule has 0 atom stereocenters. The molecule has 4 rings (SSSR count). The number of Topliss-reactive ketones (excluding diaryl/α,β-unsaturated/α-hetero) is 2. The molecule has 2 aliphatic carbocycles. The van der Waals surface area contributed by atoms with Crippen LogP contribution in [-0.2, 0) is 22.4 Å². The third kappa shape index (κ3) is 6.26. The van der Waals surface area contributed by atoms with Gasteiger partial charge in [-0.3, -0.25) is 9.59 Å². The molecule has 0 bridgehead atoms. The summed E-state index contributed by atoms with van der Waals surface area (Å²) in [5.41, 5.74) is 11.2. The van der Waals surface area contributed by atoms with Gasteiger partial charge in [0.1, 0.15) is 11.5 Å². The van der Waals surface area contributed by atoms with Crippen molar-refractivity contribution < 1.29 is 28.7 Å². The zero-order chi connectivity index (χ0) is 34.6. The van der Waals surface area contributed by atoms with E-state index in [4.69, 9.17) is 9.47 Å². The fraction of sp³-hybridized carbons (Fsp3) is 0.474. The molecule has 2 aromatic carbocycles. The molecule has 0 saturated carbocycles. The highest BCUT2D eigenvalue weighted by Crippen LogP contribution is 2.48. The quantitative estimate of drug-likeness (QED) is 0.333. The van der Waals surface area contributed by atoms with E-state index in [9.17, 15) is 19.2 Å². The molecule has 2 N–H and O–H groups in total. The molecule has 0 aliphatic heterocycles. The van der Waals surface area contributed by atoms with Gasteiger partial charge in [-0.1, -0.05) is 41.5 Å². The number of ether oxygens (including phenoxy) is 2. The number of carbonyl (C=O) groups is 4. The van der Waals surface area contributed by atoms with Crippen molar-refractivity contribution in [3.63, 3.8) is 0 Å². The largest absolute Gasteiger partial charge is 0.414 e. The maximum Gasteiger partial charge on any atom is 0.414 e. The number of allylic oxidation sites excluding steroid dienone is 4. The van der Waals surface area contributed by atoms with Crippen LogP contribution in [0.15, 0.2) is 17.2 Å². The summed E-state index contributed by atoms with van der Waals surface area (Å²) in [6.45, 7) is 25.7. The minimum atomic E-state index is -0.750. The number of ketones is 2. The first kappa shape index (κ1) is 34.7. The average molecular weight is 629 g/mol. The summed E-state index contributed by atoms with van der Waals surface area (Å²) in [5, 5.41) is 5.11. The number of fused-ring (bicyclic) bond motifs is 2. The van der Waals surface area contributed by atoms with Gasteiger partial charge >= 0.3 is 12.2 Å². The van der Waals surface area contributed by atoms with E-state index in [0.717, 1.165) is 72.4 Å². The predicted octanol–water partition coefficient (Wildman–Crippen LogP) is 7.95. The minimum absolute atomic E-state index is 0.0663. The Morgan fingerprint density at radius 3 is 1.61 bits per heavy atom. The van der Waals surface area contributed by atoms with Crippen LogP contribution in [0, 0.1) is 45.4 Å². The maximum absolute atomic E-state index is 13.0. The normalized spacial score (nSPS) is 15.1. The molecule has 2 aromatic rings. The van der Waals surface area contributed by atoms with Crippen molar-refractivity contribution in [3.8, 4) is 11.5 Å². The van der Waals surface area contributed by atoms with Gasteiger partial charge in [0.15, 0.2) is 11.6 Å². The fourth-order valence-corrected chi connectivity index (χ4v) is 7.10. The van der Waals surface area contributed by atoms with Gasteiger partial charge in [0.2, 0.25) is 0 Å². The highest BCUT2D eigenvalue weighted by atomic mass is 16.6. The van der Waals surface area contributed by atoms with Crippen LogP contribution in [-0.4, -0.2) is 30.4 Å². The number of benzene rings is 2. The van der Waals surface area contributed by atoms with E-state index < -0.39 is 12.2 Å². The summed E-state index contributed by atoms with van der Waals surface area (Å²) in [6, 6.07) is 1.82. The Morgan fingerprint density at radius 2 is 1.11 bits per heavy atom. The summed E-state index contributed by atoms with van der Waals surface area (Å²) >= 11 is 0. The highest BCUT2D eigenvalue weighted by molar-refractivity contribution is 6.09. The first-order valence-corrected chi connectivity index (χ1v) is 15.8. The van der Waals surface area contributed by atoms with Gasteiger partial charge in [0, 0.05) is 12.8 Å². The number of aryl methyl sites for hydroxylation is 1. The van der Waals surface area contributed by atoms with Crippen molar-refractivity contribution >= 4 is 34.9 Å². The second-order valence-corrected chi connectivity index (χ2v) is 14.7. The van der Waals surface area contributed by atoms with Crippen LogP contribution in [0.5, 0.6) is 11.5 Å². The zero-order valence-electron chi connectivity index (χ0n) is 29.6. The Morgan fingerprint density at radius 1 is 0.652 bits per heavy atom. The third-order valence-corrected chi connectivity index (χ3v) is 9.36. The van der Waals surface area contributed by atoms with Gasteiger partial charge in [0.05, 0.1) is 6.67 Å². The van der Waals surface area contributed by atoms with Crippen molar-refractivity contribution in [2.24, 2.45) is 10.8 Å². The Labute approximate surface area is 273 Å². The second kappa shape index (κ2) is 12.2. The van der Waals surface area contributed by atoms with Crippen molar-refractivity contribution in [1.29, 1.82) is 0 Å². The van der Waals surface area contributed by atoms with E-state index in [-0.39, 0.29) is 41.9 Å². The number of rotatable bonds is 4. The van der Waals surface area contributed by atoms with E-state index in [2.05, 4.69) is 52.2 Å². The number of nitrogens with one attached hydrogen (secondary N) is 2. The fourth-order valence-electron chi connectivity index (χ4n) is 7.10. The lowest BCUT2D eigenvalue weighted by molar-refractivity contribution is -0.115. The molecular weight excluding hydrogens is 580 g/mol. The molecule has 46 heavy (non-hydrogen) atoms. The monoisotopic (exact) mass is 628 g/mol. The van der Waals surface area contributed by atoms with Crippen LogP contribution in [0.1, 0.15) is 105 Å². The third-order valence-electron chi connectivity index (χ3n) is 9.36. The molecule has 8 nitrogen and oxygen atoms in total. The Hall–Kier alpha value is -4.20. The summed E-state index contributed by atoms with van der Waals surface area (Å²) in [6.07, 6.45) is -0.989. The highest BCUT2D eigenvalue weighted by Gasteiger charge is 2.35. The van der Waals surface area contributed by atoms with Crippen LogP contribution in [0.4, 0.5) is 9.59 Å². The lowest BCUT2D eigenvalue weighted by Crippen LogP contribution is -2.40. The lowest BCUT2D eigenvalue weighted by Gasteiger charge is -2.34. The Bertz CT molecular complexity index is 1760. The zero-order valence-corrected chi connectivity index (χ0v) is 29.6. The molecule has 0 aromatic heterocycles. The SMILES string of the molecule is CC1=C(C(C)(C)C)c2c(C)cc(OC(=O)NCNC(=O)Oc3c(C)c(C)c4c(c3C)CC(=O)C(C)=C4C(C)(C)C)c(C)c2CC1=O. The summed E-state index contributed by atoms with van der Waals surface area (Å²) in [4.78, 5) is 51.5. The molecule has 246 valence electrons. The molecule has 0 heterocycles. The first-order chi connectivity index (χ1) is 21.2. The summed E-state index contributed by atoms with van der Waals surface area (Å²) < 4.78 is 11.4. The average Bonchev–Trinajstić information content (AvgIpc) is 2.93. The van der Waals surface area contributed by atoms with Crippen LogP contribution < -0.4 is 20.1 Å². The van der Waals surface area contributed by atoms with Crippen molar-refractivity contribution in [3.05, 3.63) is 67.3 Å². The summed E-state index contributed by atoms with van der Waals surface area (Å²) in [7, 11) is 0. The second-order valence-electron chi connectivity index (χ2n) is 14.7. The topological polar surface area (TPSA) is 111 Å². The van der Waals surface area contributed by atoms with Crippen molar-refractivity contribution in [2.45, 2.75) is 103 Å². The van der Waals surface area contributed by atoms with Gasteiger partial charge in [-0.05, 0) is 138 Å². The standard InChI is InChI=1S/C38H48N2O6/c1-18-14-29(21(4)25-15-27(41)23(6)32(30(18)25)37(8,9)10)45-35(43)39-17-40-36(44)46-34-20(3)19(2)31-26(22(34)5)16-28(42)24(7)33(31)38(11,12)13/h14H,15-17H2,1-13H3,(H,39,43)(H,40,44). The maximum atomic E-state index is 13.0. The van der Waals surface area contributed by atoms with Crippen LogP contribution in [0.25, 0.3) is 11.1 Å². The molecule has 8 heteroatoms. The molecular formula is C38H48N2O6. The van der Waals surface area contributed by atoms with Gasteiger partial charge in [-0.15, -0.1) is 0 Å². The van der Waals surface area contributed by atoms with Gasteiger partial charge in [-0.25, -0.2) is 9.59 Å². The number of hydrogen-bond donors (Lipinski definition) is 2. The van der Waals surface area contributed by atoms with E-state index >= 15 is 0 Å². The number of carbonyl (C=O) groups excluding carboxylic acids is 4. The smallest absolute Gasteiger partial charge is 0.410 e. The van der Waals surface area contributed by atoms with Crippen molar-refractivity contribution in [1.82, 2.24) is 10.6 Å². The molecule has 2 aliphatic rings. The van der Waals surface area contributed by atoms with Gasteiger partial charge in [0.25, 0.3) is 0 Å². The van der Waals surface area contributed by atoms with Crippen LogP contribution in [0.2, 0.25) is 0 Å². The van der Waals surface area contributed by atoms with Crippen LogP contribution >= 0.6 is 0 Å². The van der Waals surface area contributed by atoms with E-state index in [1.54, 1.807) is 0 Å². The number of hydrogen-bond acceptors (Lipinski definition) is 6. The van der Waals surface area contributed by atoms with E-state index in [1.807, 2.05) is 54.5 Å². The molecule has 2 amide bonds. The summed E-state index contributed by atoms with van der Waals surface area (Å²) in [5.74, 6) is 0.905. The molecule has 0 unspecified atom stereocenters. The van der Waals surface area contributed by atoms with E-state index in [1.165, 1.54) is 0 Å².